The minimum Gasteiger partial charge on any atom is -0.465 e. The molecule has 1 aliphatic rings. The molecule has 0 saturated heterocycles. The fourth-order valence-corrected chi connectivity index (χ4v) is 2.57. The quantitative estimate of drug-likeness (QED) is 0.680. The molecule has 0 spiro atoms. The number of furan rings is 1. The summed E-state index contributed by atoms with van der Waals surface area (Å²) in [6.07, 6.45) is 3.54. The summed E-state index contributed by atoms with van der Waals surface area (Å²) in [5.41, 5.74) is 1.68. The highest BCUT2D eigenvalue weighted by Crippen LogP contribution is 2.25. The molecule has 0 radical (unpaired) electrons. The molecule has 3 heterocycles. The Bertz CT molecular complexity index is 1040. The van der Waals surface area contributed by atoms with Crippen LogP contribution in [0.2, 0.25) is 0 Å². The summed E-state index contributed by atoms with van der Waals surface area (Å²) in [5, 5.41) is 5.51. The number of carbonyl (C=O) groups is 2. The molecule has 0 atom stereocenters. The normalized spacial score (nSPS) is 13.4. The van der Waals surface area contributed by atoms with E-state index in [1.807, 2.05) is 0 Å². The SMILES string of the molecule is COC(=O)c1cc(-c2cnc3ccc(NC(=O)NC4CC4)nc3n2)oc1C. The number of hydrogen-bond donors (Lipinski definition) is 2. The number of fused-ring (bicyclic) bond motifs is 1. The van der Waals surface area contributed by atoms with Crippen molar-refractivity contribution in [3.63, 3.8) is 0 Å². The van der Waals surface area contributed by atoms with Gasteiger partial charge >= 0.3 is 12.0 Å². The molecule has 3 aromatic rings. The largest absolute Gasteiger partial charge is 0.465 e. The van der Waals surface area contributed by atoms with Gasteiger partial charge in [-0.15, -0.1) is 0 Å². The fraction of sp³-hybridized carbons (Fsp3) is 0.278. The first kappa shape index (κ1) is 17.0. The van der Waals surface area contributed by atoms with E-state index in [1.54, 1.807) is 25.1 Å². The van der Waals surface area contributed by atoms with Crippen molar-refractivity contribution in [1.29, 1.82) is 0 Å². The number of hydrogen-bond acceptors (Lipinski definition) is 7. The van der Waals surface area contributed by atoms with E-state index in [0.29, 0.717) is 39.8 Å². The third kappa shape index (κ3) is 3.57. The Labute approximate surface area is 154 Å². The maximum absolute atomic E-state index is 11.9. The van der Waals surface area contributed by atoms with Crippen LogP contribution in [0.4, 0.5) is 10.6 Å². The second-order valence-electron chi connectivity index (χ2n) is 6.24. The van der Waals surface area contributed by atoms with Gasteiger partial charge in [0.1, 0.15) is 28.4 Å². The number of pyridine rings is 1. The molecule has 3 aromatic heterocycles. The summed E-state index contributed by atoms with van der Waals surface area (Å²) in [4.78, 5) is 36.7. The second-order valence-corrected chi connectivity index (χ2v) is 6.24. The first-order valence-corrected chi connectivity index (χ1v) is 8.44. The monoisotopic (exact) mass is 367 g/mol. The number of methoxy groups -OCH3 is 1. The van der Waals surface area contributed by atoms with E-state index < -0.39 is 5.97 Å². The Morgan fingerprint density at radius 1 is 1.26 bits per heavy atom. The molecule has 1 aliphatic carbocycles. The molecule has 0 aliphatic heterocycles. The topological polar surface area (TPSA) is 119 Å². The zero-order chi connectivity index (χ0) is 19.0. The van der Waals surface area contributed by atoms with Crippen LogP contribution in [-0.2, 0) is 4.74 Å². The van der Waals surface area contributed by atoms with E-state index in [2.05, 4.69) is 25.6 Å². The number of esters is 1. The first-order valence-electron chi connectivity index (χ1n) is 8.44. The van der Waals surface area contributed by atoms with Crippen LogP contribution in [-0.4, -0.2) is 40.1 Å². The van der Waals surface area contributed by atoms with Crippen molar-refractivity contribution >= 4 is 29.0 Å². The van der Waals surface area contributed by atoms with Crippen LogP contribution in [0.25, 0.3) is 22.6 Å². The van der Waals surface area contributed by atoms with Crippen molar-refractivity contribution in [2.75, 3.05) is 12.4 Å². The summed E-state index contributed by atoms with van der Waals surface area (Å²) >= 11 is 0. The molecular weight excluding hydrogens is 350 g/mol. The number of aromatic nitrogens is 3. The molecule has 0 unspecified atom stereocenters. The average molecular weight is 367 g/mol. The van der Waals surface area contributed by atoms with E-state index in [4.69, 9.17) is 9.15 Å². The van der Waals surface area contributed by atoms with Gasteiger partial charge in [-0.05, 0) is 31.9 Å². The molecule has 0 aromatic carbocycles. The van der Waals surface area contributed by atoms with Crippen LogP contribution in [0, 0.1) is 6.92 Å². The number of ether oxygens (including phenoxy) is 1. The van der Waals surface area contributed by atoms with Crippen LogP contribution in [0.1, 0.15) is 29.0 Å². The molecule has 2 amide bonds. The van der Waals surface area contributed by atoms with E-state index in [-0.39, 0.29) is 12.1 Å². The molecule has 138 valence electrons. The number of aryl methyl sites for hydroxylation is 1. The number of anilines is 1. The molecule has 2 N–H and O–H groups in total. The van der Waals surface area contributed by atoms with Gasteiger partial charge in [-0.1, -0.05) is 0 Å². The molecule has 9 heteroatoms. The Kier molecular flexibility index (Phi) is 4.19. The highest BCUT2D eigenvalue weighted by molar-refractivity contribution is 5.92. The molecule has 0 bridgehead atoms. The third-order valence-electron chi connectivity index (χ3n) is 4.14. The van der Waals surface area contributed by atoms with E-state index in [0.717, 1.165) is 12.8 Å². The summed E-state index contributed by atoms with van der Waals surface area (Å²) in [6.45, 7) is 1.67. The van der Waals surface area contributed by atoms with Gasteiger partial charge < -0.3 is 14.5 Å². The highest BCUT2D eigenvalue weighted by atomic mass is 16.5. The minimum absolute atomic E-state index is 0.253. The van der Waals surface area contributed by atoms with Crippen molar-refractivity contribution < 1.29 is 18.7 Å². The van der Waals surface area contributed by atoms with Crippen LogP contribution < -0.4 is 10.6 Å². The van der Waals surface area contributed by atoms with Gasteiger partial charge in [0.25, 0.3) is 0 Å². The van der Waals surface area contributed by atoms with Crippen LogP contribution in [0.15, 0.2) is 28.8 Å². The standard InChI is InChI=1S/C18H17N5O4/c1-9-11(17(24)26-2)7-14(27-9)13-8-19-12-5-6-15(22-16(12)21-13)23-18(25)20-10-3-4-10/h5-8,10H,3-4H2,1-2H3,(H2,20,21,22,23,25). The molecule has 4 rings (SSSR count). The third-order valence-corrected chi connectivity index (χ3v) is 4.14. The number of amides is 2. The van der Waals surface area contributed by atoms with Crippen LogP contribution >= 0.6 is 0 Å². The number of nitrogens with one attached hydrogen (secondary N) is 2. The number of rotatable bonds is 4. The molecule has 9 nitrogen and oxygen atoms in total. The Hall–Kier alpha value is -3.49. The zero-order valence-electron chi connectivity index (χ0n) is 14.8. The fourth-order valence-electron chi connectivity index (χ4n) is 2.57. The molecule has 1 saturated carbocycles. The maximum atomic E-state index is 11.9. The summed E-state index contributed by atoms with van der Waals surface area (Å²) < 4.78 is 10.3. The van der Waals surface area contributed by atoms with Gasteiger partial charge in [0.15, 0.2) is 11.4 Å². The summed E-state index contributed by atoms with van der Waals surface area (Å²) in [5.74, 6) is 0.702. The molecule has 27 heavy (non-hydrogen) atoms. The lowest BCUT2D eigenvalue weighted by molar-refractivity contribution is 0.0598. The number of nitrogens with zero attached hydrogens (tertiary/aromatic N) is 3. The van der Waals surface area contributed by atoms with E-state index in [9.17, 15) is 9.59 Å². The lowest BCUT2D eigenvalue weighted by Crippen LogP contribution is -2.30. The van der Waals surface area contributed by atoms with Gasteiger partial charge in [-0.25, -0.2) is 19.6 Å². The van der Waals surface area contributed by atoms with Gasteiger partial charge in [-0.3, -0.25) is 10.3 Å². The maximum Gasteiger partial charge on any atom is 0.341 e. The zero-order valence-corrected chi connectivity index (χ0v) is 14.8. The Morgan fingerprint density at radius 2 is 2.07 bits per heavy atom. The molecular formula is C18H17N5O4. The summed E-state index contributed by atoms with van der Waals surface area (Å²) in [7, 11) is 1.31. The van der Waals surface area contributed by atoms with Crippen LogP contribution in [0.3, 0.4) is 0 Å². The van der Waals surface area contributed by atoms with Crippen molar-refractivity contribution in [3.8, 4) is 11.5 Å². The van der Waals surface area contributed by atoms with Crippen molar-refractivity contribution in [2.45, 2.75) is 25.8 Å². The first-order chi connectivity index (χ1) is 13.0. The Morgan fingerprint density at radius 3 is 2.81 bits per heavy atom. The lowest BCUT2D eigenvalue weighted by Gasteiger charge is -2.06. The minimum atomic E-state index is -0.484. The predicted octanol–water partition coefficient (Wildman–Crippen LogP) is 2.66. The van der Waals surface area contributed by atoms with Gasteiger partial charge in [0, 0.05) is 12.1 Å². The predicted molar refractivity (Wildman–Crippen MR) is 96.3 cm³/mol. The molecule has 1 fully saturated rings. The van der Waals surface area contributed by atoms with Crippen molar-refractivity contribution in [2.24, 2.45) is 0 Å². The lowest BCUT2D eigenvalue weighted by atomic mass is 10.2. The van der Waals surface area contributed by atoms with E-state index in [1.165, 1.54) is 13.3 Å². The van der Waals surface area contributed by atoms with Gasteiger partial charge in [0.2, 0.25) is 0 Å². The van der Waals surface area contributed by atoms with Crippen molar-refractivity contribution in [3.05, 3.63) is 35.7 Å². The smallest absolute Gasteiger partial charge is 0.341 e. The second kappa shape index (κ2) is 6.67. The number of urea groups is 1. The Balaban J connectivity index is 1.62. The average Bonchev–Trinajstić information content (AvgIpc) is 3.38. The highest BCUT2D eigenvalue weighted by Gasteiger charge is 2.23. The van der Waals surface area contributed by atoms with E-state index >= 15 is 0 Å². The van der Waals surface area contributed by atoms with Gasteiger partial charge in [0.05, 0.1) is 13.3 Å². The van der Waals surface area contributed by atoms with Gasteiger partial charge in [-0.2, -0.15) is 0 Å². The number of carbonyl (C=O) groups excluding carboxylic acids is 2. The van der Waals surface area contributed by atoms with Crippen LogP contribution in [0.5, 0.6) is 0 Å². The summed E-state index contributed by atoms with van der Waals surface area (Å²) in [6, 6.07) is 4.90. The van der Waals surface area contributed by atoms with Crippen molar-refractivity contribution in [1.82, 2.24) is 20.3 Å².